The van der Waals surface area contributed by atoms with Crippen molar-refractivity contribution in [1.29, 1.82) is 0 Å². The molecule has 0 saturated heterocycles. The van der Waals surface area contributed by atoms with Crippen LogP contribution >= 0.6 is 0 Å². The summed E-state index contributed by atoms with van der Waals surface area (Å²) in [7, 11) is 0. The van der Waals surface area contributed by atoms with E-state index in [2.05, 4.69) is 68.6 Å². The van der Waals surface area contributed by atoms with Gasteiger partial charge in [0.15, 0.2) is 0 Å². The van der Waals surface area contributed by atoms with Crippen LogP contribution < -0.4 is 5.32 Å². The van der Waals surface area contributed by atoms with E-state index < -0.39 is 18.2 Å². The summed E-state index contributed by atoms with van der Waals surface area (Å²) in [6.45, 7) is 6.28. The third kappa shape index (κ3) is 43.2. The van der Waals surface area contributed by atoms with E-state index in [9.17, 15) is 19.8 Å². The number of hydrogen-bond donors (Lipinski definition) is 3. The van der Waals surface area contributed by atoms with Crippen molar-refractivity contribution in [2.75, 3.05) is 6.61 Å². The van der Waals surface area contributed by atoms with E-state index in [1.807, 2.05) is 54.7 Å². The minimum Gasteiger partial charge on any atom is -0.462 e. The highest BCUT2D eigenvalue weighted by Crippen LogP contribution is 2.17. The van der Waals surface area contributed by atoms with E-state index in [0.29, 0.717) is 19.3 Å². The van der Waals surface area contributed by atoms with Crippen molar-refractivity contribution in [2.45, 2.75) is 232 Å². The van der Waals surface area contributed by atoms with Gasteiger partial charge in [0.1, 0.15) is 6.10 Å². The number of allylic oxidation sites excluding steroid dienone is 16. The molecule has 0 saturated carbocycles. The van der Waals surface area contributed by atoms with Gasteiger partial charge in [0.25, 0.3) is 0 Å². The Morgan fingerprint density at radius 1 is 0.492 bits per heavy atom. The Morgan fingerprint density at radius 2 is 0.885 bits per heavy atom. The molecule has 0 aromatic rings. The van der Waals surface area contributed by atoms with Gasteiger partial charge in [-0.25, -0.2) is 0 Å². The van der Waals surface area contributed by atoms with Gasteiger partial charge in [-0.05, 0) is 64.2 Å². The highest BCUT2D eigenvalue weighted by molar-refractivity contribution is 5.77. The average Bonchev–Trinajstić information content (AvgIpc) is 3.25. The zero-order valence-electron chi connectivity index (χ0n) is 39.5. The normalized spacial score (nSPS) is 14.1. The molecule has 6 nitrogen and oxygen atoms in total. The first-order valence-electron chi connectivity index (χ1n) is 25.1. The molecule has 0 aromatic carbocycles. The van der Waals surface area contributed by atoms with Crippen molar-refractivity contribution in [3.05, 3.63) is 97.2 Å². The van der Waals surface area contributed by atoms with Crippen LogP contribution in [0.3, 0.4) is 0 Å². The minimum atomic E-state index is -0.814. The van der Waals surface area contributed by atoms with Crippen LogP contribution in [0.2, 0.25) is 0 Å². The Labute approximate surface area is 376 Å². The van der Waals surface area contributed by atoms with E-state index in [0.717, 1.165) is 64.2 Å². The summed E-state index contributed by atoms with van der Waals surface area (Å²) >= 11 is 0. The van der Waals surface area contributed by atoms with E-state index >= 15 is 0 Å². The van der Waals surface area contributed by atoms with Crippen LogP contribution in [0.5, 0.6) is 0 Å². The molecule has 0 radical (unpaired) electrons. The molecule has 0 rings (SSSR count). The predicted molar refractivity (Wildman–Crippen MR) is 264 cm³/mol. The second-order valence-electron chi connectivity index (χ2n) is 16.7. The van der Waals surface area contributed by atoms with E-state index in [-0.39, 0.29) is 31.3 Å². The molecular formula is C55H93NO5. The summed E-state index contributed by atoms with van der Waals surface area (Å²) in [4.78, 5) is 26.1. The molecule has 0 aromatic heterocycles. The highest BCUT2D eigenvalue weighted by Gasteiger charge is 2.24. The first kappa shape index (κ1) is 57.8. The Balaban J connectivity index is 4.79. The van der Waals surface area contributed by atoms with Gasteiger partial charge in [0.05, 0.1) is 25.2 Å². The van der Waals surface area contributed by atoms with Gasteiger partial charge in [0, 0.05) is 6.42 Å². The molecule has 0 aliphatic carbocycles. The quantitative estimate of drug-likeness (QED) is 0.0323. The Hall–Kier alpha value is -3.22. The van der Waals surface area contributed by atoms with Gasteiger partial charge in [-0.15, -0.1) is 0 Å². The van der Waals surface area contributed by atoms with Crippen LogP contribution in [0, 0.1) is 0 Å². The molecule has 1 amide bonds. The predicted octanol–water partition coefficient (Wildman–Crippen LogP) is 14.9. The van der Waals surface area contributed by atoms with E-state index in [4.69, 9.17) is 4.74 Å². The molecular weight excluding hydrogens is 755 g/mol. The lowest BCUT2D eigenvalue weighted by Gasteiger charge is -2.24. The number of aliphatic hydroxyl groups is 2. The number of carbonyl (C=O) groups is 2. The van der Waals surface area contributed by atoms with Crippen molar-refractivity contribution in [1.82, 2.24) is 5.32 Å². The SMILES string of the molecule is CC/C=C/C=C/C=C\C=C/C=C/CCCC(=O)OC(CCCCC/C=C/C=C/C=C/CCCCCCC)CC(=O)NC(CO)C(O)CCCCCCCCCCCCCCC. The Kier molecular flexibility index (Phi) is 45.3. The van der Waals surface area contributed by atoms with Crippen LogP contribution in [0.25, 0.3) is 0 Å². The molecule has 3 atom stereocenters. The molecule has 0 spiro atoms. The van der Waals surface area contributed by atoms with Crippen LogP contribution in [-0.4, -0.2) is 46.9 Å². The lowest BCUT2D eigenvalue weighted by atomic mass is 10.0. The molecule has 0 aliphatic heterocycles. The Morgan fingerprint density at radius 3 is 1.36 bits per heavy atom. The van der Waals surface area contributed by atoms with Gasteiger partial charge in [-0.3, -0.25) is 9.59 Å². The smallest absolute Gasteiger partial charge is 0.306 e. The number of hydrogen-bond acceptors (Lipinski definition) is 5. The lowest BCUT2D eigenvalue weighted by Crippen LogP contribution is -2.46. The van der Waals surface area contributed by atoms with Crippen LogP contribution in [0.4, 0.5) is 0 Å². The van der Waals surface area contributed by atoms with Crippen molar-refractivity contribution in [3.63, 3.8) is 0 Å². The first-order valence-corrected chi connectivity index (χ1v) is 25.1. The Bertz CT molecular complexity index is 1220. The summed E-state index contributed by atoms with van der Waals surface area (Å²) in [5.74, 6) is -0.604. The topological polar surface area (TPSA) is 95.9 Å². The average molecular weight is 848 g/mol. The number of rotatable bonds is 43. The van der Waals surface area contributed by atoms with Gasteiger partial charge in [-0.1, -0.05) is 234 Å². The summed E-state index contributed by atoms with van der Waals surface area (Å²) in [5.41, 5.74) is 0. The number of ether oxygens (including phenoxy) is 1. The molecule has 61 heavy (non-hydrogen) atoms. The third-order valence-corrected chi connectivity index (χ3v) is 10.8. The van der Waals surface area contributed by atoms with Crippen molar-refractivity contribution < 1.29 is 24.5 Å². The molecule has 0 aliphatic rings. The van der Waals surface area contributed by atoms with Crippen LogP contribution in [0.1, 0.15) is 213 Å². The maximum absolute atomic E-state index is 13.2. The maximum atomic E-state index is 13.2. The van der Waals surface area contributed by atoms with E-state index in [1.165, 1.54) is 96.3 Å². The second-order valence-corrected chi connectivity index (χ2v) is 16.7. The van der Waals surface area contributed by atoms with Gasteiger partial charge in [-0.2, -0.15) is 0 Å². The largest absolute Gasteiger partial charge is 0.462 e. The number of esters is 1. The fourth-order valence-electron chi connectivity index (χ4n) is 7.05. The number of nitrogens with one attached hydrogen (secondary N) is 1. The third-order valence-electron chi connectivity index (χ3n) is 10.8. The van der Waals surface area contributed by atoms with E-state index in [1.54, 1.807) is 0 Å². The van der Waals surface area contributed by atoms with Crippen molar-refractivity contribution >= 4 is 11.9 Å². The fraction of sp³-hybridized carbons (Fsp3) is 0.673. The molecule has 348 valence electrons. The molecule has 0 heterocycles. The van der Waals surface area contributed by atoms with Gasteiger partial charge < -0.3 is 20.3 Å². The molecule has 3 N–H and O–H groups in total. The number of amides is 1. The summed E-state index contributed by atoms with van der Waals surface area (Å²) < 4.78 is 5.87. The summed E-state index contributed by atoms with van der Waals surface area (Å²) in [6.07, 6.45) is 63.2. The monoisotopic (exact) mass is 848 g/mol. The standard InChI is InChI=1S/C55H93NO5/c1-4-7-10-13-16-19-22-25-26-27-30-31-34-37-40-43-46-51(61-55(60)48-45-42-39-36-33-29-24-21-18-15-12-9-6-3)49-54(59)56-52(50-57)53(58)47-44-41-38-35-32-28-23-20-17-14-11-8-5-2/h9,12,15,18,21-22,24-27,29-31,33,36,39,51-53,57-58H,4-8,10-11,13-14,16-17,19-20,23,28,32,34-35,37-38,40-50H2,1-3H3,(H,56,59)/b12-9+,18-15+,24-21-,25-22+,27-26+,31-30+,33-29-,39-36+. The summed E-state index contributed by atoms with van der Waals surface area (Å²) in [6, 6.07) is -0.733. The van der Waals surface area contributed by atoms with Gasteiger partial charge in [0.2, 0.25) is 5.91 Å². The number of aliphatic hydroxyl groups excluding tert-OH is 2. The second kappa shape index (κ2) is 47.8. The molecule has 0 fully saturated rings. The maximum Gasteiger partial charge on any atom is 0.306 e. The van der Waals surface area contributed by atoms with Crippen LogP contribution in [0.15, 0.2) is 97.2 Å². The summed E-state index contributed by atoms with van der Waals surface area (Å²) in [5, 5.41) is 23.7. The van der Waals surface area contributed by atoms with Gasteiger partial charge >= 0.3 is 5.97 Å². The van der Waals surface area contributed by atoms with Crippen molar-refractivity contribution in [3.8, 4) is 0 Å². The molecule has 3 unspecified atom stereocenters. The number of unbranched alkanes of at least 4 members (excludes halogenated alkanes) is 21. The highest BCUT2D eigenvalue weighted by atomic mass is 16.5. The zero-order valence-corrected chi connectivity index (χ0v) is 39.5. The fourth-order valence-corrected chi connectivity index (χ4v) is 7.05. The molecule has 6 heteroatoms. The zero-order chi connectivity index (χ0) is 44.5. The lowest BCUT2D eigenvalue weighted by molar-refractivity contribution is -0.151. The van der Waals surface area contributed by atoms with Crippen LogP contribution in [-0.2, 0) is 14.3 Å². The first-order chi connectivity index (χ1) is 30.0. The molecule has 0 bridgehead atoms. The minimum absolute atomic E-state index is 0.0208. The van der Waals surface area contributed by atoms with Crippen molar-refractivity contribution in [2.24, 2.45) is 0 Å². The number of carbonyl (C=O) groups excluding carboxylic acids is 2.